The molecule has 0 aliphatic heterocycles. The maximum atomic E-state index is 12.4. The Morgan fingerprint density at radius 2 is 1.64 bits per heavy atom. The number of rotatable bonds is 4. The van der Waals surface area contributed by atoms with Crippen molar-refractivity contribution in [2.24, 2.45) is 0 Å². The summed E-state index contributed by atoms with van der Waals surface area (Å²) in [7, 11) is 0. The first kappa shape index (κ1) is 14.2. The van der Waals surface area contributed by atoms with Gasteiger partial charge in [0.2, 0.25) is 5.91 Å². The first-order valence-electron chi connectivity index (χ1n) is 7.22. The van der Waals surface area contributed by atoms with Crippen LogP contribution in [-0.4, -0.2) is 21.2 Å². The van der Waals surface area contributed by atoms with Gasteiger partial charge < -0.3 is 0 Å². The molecule has 0 aliphatic rings. The topological polar surface area (TPSA) is 52.0 Å². The van der Waals surface area contributed by atoms with Crippen LogP contribution in [0.2, 0.25) is 0 Å². The number of ketones is 1. The third-order valence-electron chi connectivity index (χ3n) is 3.64. The molecule has 2 aromatic carbocycles. The fraction of sp³-hybridized carbons (Fsp3) is 0.167. The summed E-state index contributed by atoms with van der Waals surface area (Å²) in [6, 6.07) is 16.6. The Bertz CT molecular complexity index is 835. The van der Waals surface area contributed by atoms with Gasteiger partial charge in [0.25, 0.3) is 0 Å². The number of imidazole rings is 1. The van der Waals surface area contributed by atoms with Crippen LogP contribution in [0.4, 0.5) is 0 Å². The molecule has 22 heavy (non-hydrogen) atoms. The normalized spacial score (nSPS) is 10.8. The predicted octanol–water partition coefficient (Wildman–Crippen LogP) is 3.65. The summed E-state index contributed by atoms with van der Waals surface area (Å²) in [4.78, 5) is 28.9. The Kier molecular flexibility index (Phi) is 3.83. The second kappa shape index (κ2) is 5.93. The molecule has 0 unspecified atom stereocenters. The standard InChI is InChI=1S/C18H16N2O2/c1-13-19-15-9-5-6-10-16(15)20(13)18(22)12-11-17(21)14-7-3-2-4-8-14/h2-10H,11-12H2,1H3. The highest BCUT2D eigenvalue weighted by molar-refractivity contribution is 5.99. The molecule has 3 rings (SSSR count). The zero-order valence-electron chi connectivity index (χ0n) is 12.3. The zero-order valence-corrected chi connectivity index (χ0v) is 12.3. The van der Waals surface area contributed by atoms with Crippen molar-refractivity contribution in [3.05, 3.63) is 66.0 Å². The molecule has 1 heterocycles. The van der Waals surface area contributed by atoms with Gasteiger partial charge in [-0.05, 0) is 19.1 Å². The highest BCUT2D eigenvalue weighted by Crippen LogP contribution is 2.17. The number of hydrogen-bond acceptors (Lipinski definition) is 3. The summed E-state index contributed by atoms with van der Waals surface area (Å²) in [6.45, 7) is 1.80. The molecular weight excluding hydrogens is 276 g/mol. The summed E-state index contributed by atoms with van der Waals surface area (Å²) in [5.41, 5.74) is 2.22. The molecule has 4 heteroatoms. The van der Waals surface area contributed by atoms with Crippen molar-refractivity contribution in [2.45, 2.75) is 19.8 Å². The predicted molar refractivity (Wildman–Crippen MR) is 85.1 cm³/mol. The van der Waals surface area contributed by atoms with E-state index >= 15 is 0 Å². The minimum absolute atomic E-state index is 0.0176. The Morgan fingerprint density at radius 1 is 0.955 bits per heavy atom. The Labute approximate surface area is 128 Å². The van der Waals surface area contributed by atoms with E-state index in [1.54, 1.807) is 23.6 Å². The first-order chi connectivity index (χ1) is 10.7. The number of Topliss-reactive ketones (excluding diaryl/α,β-unsaturated/α-hetero) is 1. The van der Waals surface area contributed by atoms with Gasteiger partial charge in [-0.25, -0.2) is 4.98 Å². The number of hydrogen-bond donors (Lipinski definition) is 0. The summed E-state index contributed by atoms with van der Waals surface area (Å²) in [5.74, 6) is 0.532. The molecule has 110 valence electrons. The monoisotopic (exact) mass is 292 g/mol. The lowest BCUT2D eigenvalue weighted by Crippen LogP contribution is -2.14. The van der Waals surface area contributed by atoms with Crippen LogP contribution in [0.25, 0.3) is 11.0 Å². The number of aryl methyl sites for hydroxylation is 1. The number of nitrogens with zero attached hydrogens (tertiary/aromatic N) is 2. The summed E-state index contributed by atoms with van der Waals surface area (Å²) in [6.07, 6.45) is 0.379. The van der Waals surface area contributed by atoms with Gasteiger partial charge in [0, 0.05) is 18.4 Å². The molecule has 1 aromatic heterocycles. The molecule has 0 fully saturated rings. The van der Waals surface area contributed by atoms with Crippen LogP contribution in [0, 0.1) is 6.92 Å². The van der Waals surface area contributed by atoms with E-state index in [1.807, 2.05) is 42.5 Å². The molecule has 0 radical (unpaired) electrons. The maximum absolute atomic E-state index is 12.4. The number of carbonyl (C=O) groups excluding carboxylic acids is 2. The second-order valence-corrected chi connectivity index (χ2v) is 5.17. The lowest BCUT2D eigenvalue weighted by Gasteiger charge is -2.05. The van der Waals surface area contributed by atoms with Crippen molar-refractivity contribution in [2.75, 3.05) is 0 Å². The van der Waals surface area contributed by atoms with Crippen molar-refractivity contribution in [1.29, 1.82) is 0 Å². The minimum Gasteiger partial charge on any atom is -0.294 e. The van der Waals surface area contributed by atoms with Crippen LogP contribution in [0.15, 0.2) is 54.6 Å². The van der Waals surface area contributed by atoms with Gasteiger partial charge in [-0.2, -0.15) is 0 Å². The molecule has 0 amide bonds. The van der Waals surface area contributed by atoms with E-state index in [0.717, 1.165) is 11.0 Å². The quantitative estimate of drug-likeness (QED) is 0.690. The molecule has 0 aliphatic carbocycles. The van der Waals surface area contributed by atoms with Crippen LogP contribution in [0.3, 0.4) is 0 Å². The van der Waals surface area contributed by atoms with E-state index in [2.05, 4.69) is 4.98 Å². The average Bonchev–Trinajstić information content (AvgIpc) is 2.89. The van der Waals surface area contributed by atoms with Crippen molar-refractivity contribution < 1.29 is 9.59 Å². The van der Waals surface area contributed by atoms with Crippen LogP contribution < -0.4 is 0 Å². The SMILES string of the molecule is Cc1nc2ccccc2n1C(=O)CCC(=O)c1ccccc1. The van der Waals surface area contributed by atoms with Gasteiger partial charge in [0.15, 0.2) is 5.78 Å². The molecular formula is C18H16N2O2. The van der Waals surface area contributed by atoms with Crippen molar-refractivity contribution in [3.63, 3.8) is 0 Å². The minimum atomic E-state index is -0.101. The summed E-state index contributed by atoms with van der Waals surface area (Å²) < 4.78 is 1.59. The second-order valence-electron chi connectivity index (χ2n) is 5.17. The van der Waals surface area contributed by atoms with E-state index in [4.69, 9.17) is 0 Å². The zero-order chi connectivity index (χ0) is 15.5. The van der Waals surface area contributed by atoms with E-state index in [0.29, 0.717) is 11.4 Å². The van der Waals surface area contributed by atoms with E-state index in [9.17, 15) is 9.59 Å². The van der Waals surface area contributed by atoms with Gasteiger partial charge >= 0.3 is 0 Å². The van der Waals surface area contributed by atoms with Crippen LogP contribution in [0.1, 0.15) is 33.8 Å². The fourth-order valence-corrected chi connectivity index (χ4v) is 2.56. The first-order valence-corrected chi connectivity index (χ1v) is 7.22. The Morgan fingerprint density at radius 3 is 2.41 bits per heavy atom. The molecule has 0 spiro atoms. The van der Waals surface area contributed by atoms with E-state index < -0.39 is 0 Å². The van der Waals surface area contributed by atoms with Crippen molar-refractivity contribution >= 4 is 22.7 Å². The Hall–Kier alpha value is -2.75. The summed E-state index contributed by atoms with van der Waals surface area (Å²) in [5, 5.41) is 0. The molecule has 0 saturated heterocycles. The molecule has 3 aromatic rings. The van der Waals surface area contributed by atoms with Crippen LogP contribution in [0.5, 0.6) is 0 Å². The third kappa shape index (κ3) is 2.68. The number of benzene rings is 2. The third-order valence-corrected chi connectivity index (χ3v) is 3.64. The van der Waals surface area contributed by atoms with Crippen molar-refractivity contribution in [3.8, 4) is 0 Å². The molecule has 0 N–H and O–H groups in total. The van der Waals surface area contributed by atoms with Crippen LogP contribution in [-0.2, 0) is 0 Å². The molecule has 0 bridgehead atoms. The highest BCUT2D eigenvalue weighted by atomic mass is 16.2. The Balaban J connectivity index is 1.77. The van der Waals surface area contributed by atoms with Gasteiger partial charge in [0.1, 0.15) is 5.82 Å². The smallest absolute Gasteiger partial charge is 0.232 e. The summed E-state index contributed by atoms with van der Waals surface area (Å²) >= 11 is 0. The van der Waals surface area contributed by atoms with Crippen molar-refractivity contribution in [1.82, 2.24) is 9.55 Å². The van der Waals surface area contributed by atoms with Gasteiger partial charge in [-0.1, -0.05) is 42.5 Å². The lowest BCUT2D eigenvalue weighted by molar-refractivity contribution is 0.0866. The largest absolute Gasteiger partial charge is 0.294 e. The van der Waals surface area contributed by atoms with Gasteiger partial charge in [-0.3, -0.25) is 14.2 Å². The highest BCUT2D eigenvalue weighted by Gasteiger charge is 2.15. The molecule has 0 atom stereocenters. The van der Waals surface area contributed by atoms with E-state index in [1.165, 1.54) is 0 Å². The number of para-hydroxylation sites is 2. The number of fused-ring (bicyclic) bond motifs is 1. The van der Waals surface area contributed by atoms with Gasteiger partial charge in [0.05, 0.1) is 11.0 Å². The maximum Gasteiger partial charge on any atom is 0.232 e. The van der Waals surface area contributed by atoms with E-state index in [-0.39, 0.29) is 24.5 Å². The van der Waals surface area contributed by atoms with Crippen LogP contribution >= 0.6 is 0 Å². The fourth-order valence-electron chi connectivity index (χ4n) is 2.56. The molecule has 4 nitrogen and oxygen atoms in total. The number of aromatic nitrogens is 2. The number of carbonyl (C=O) groups is 2. The lowest BCUT2D eigenvalue weighted by atomic mass is 10.1. The average molecular weight is 292 g/mol. The molecule has 0 saturated carbocycles. The van der Waals surface area contributed by atoms with Gasteiger partial charge in [-0.15, -0.1) is 0 Å².